The highest BCUT2D eigenvalue weighted by atomic mass is 35.5. The minimum absolute atomic E-state index is 0.789. The molecule has 1 aromatic heterocycles. The van der Waals surface area contributed by atoms with Crippen molar-refractivity contribution in [3.63, 3.8) is 0 Å². The van der Waals surface area contributed by atoms with Crippen molar-refractivity contribution in [3.05, 3.63) is 52.8 Å². The van der Waals surface area contributed by atoms with Gasteiger partial charge >= 0.3 is 0 Å². The molecular formula is C13H16ClN3. The lowest BCUT2D eigenvalue weighted by molar-refractivity contribution is 0.319. The Morgan fingerprint density at radius 3 is 2.71 bits per heavy atom. The summed E-state index contributed by atoms with van der Waals surface area (Å²) in [5.74, 6) is 0. The van der Waals surface area contributed by atoms with Gasteiger partial charge in [-0.05, 0) is 24.7 Å². The summed E-state index contributed by atoms with van der Waals surface area (Å²) in [6.07, 6.45) is 3.93. The summed E-state index contributed by atoms with van der Waals surface area (Å²) in [5.41, 5.74) is 2.45. The Morgan fingerprint density at radius 2 is 2.06 bits per heavy atom. The molecule has 1 heterocycles. The molecule has 0 aliphatic carbocycles. The molecule has 0 spiro atoms. The third-order valence-corrected chi connectivity index (χ3v) is 2.79. The number of benzene rings is 1. The fourth-order valence-electron chi connectivity index (χ4n) is 1.87. The van der Waals surface area contributed by atoms with Crippen molar-refractivity contribution in [1.82, 2.24) is 14.7 Å². The highest BCUT2D eigenvalue weighted by molar-refractivity contribution is 6.30. The highest BCUT2D eigenvalue weighted by Crippen LogP contribution is 2.13. The summed E-state index contributed by atoms with van der Waals surface area (Å²) >= 11 is 5.96. The van der Waals surface area contributed by atoms with Gasteiger partial charge < -0.3 is 0 Å². The van der Waals surface area contributed by atoms with Gasteiger partial charge in [0.2, 0.25) is 0 Å². The van der Waals surface area contributed by atoms with Crippen molar-refractivity contribution in [2.75, 3.05) is 7.05 Å². The first-order valence-corrected chi connectivity index (χ1v) is 5.92. The van der Waals surface area contributed by atoms with Gasteiger partial charge in [0.05, 0.1) is 6.20 Å². The van der Waals surface area contributed by atoms with Crippen molar-refractivity contribution in [3.8, 4) is 0 Å². The fraction of sp³-hybridized carbons (Fsp3) is 0.308. The number of hydrogen-bond acceptors (Lipinski definition) is 2. The smallest absolute Gasteiger partial charge is 0.0534 e. The fourth-order valence-corrected chi connectivity index (χ4v) is 2.08. The Labute approximate surface area is 107 Å². The summed E-state index contributed by atoms with van der Waals surface area (Å²) in [7, 11) is 4.02. The molecule has 3 nitrogen and oxygen atoms in total. The second-order valence-corrected chi connectivity index (χ2v) is 4.76. The minimum Gasteiger partial charge on any atom is -0.298 e. The first kappa shape index (κ1) is 12.1. The van der Waals surface area contributed by atoms with E-state index in [2.05, 4.69) is 23.1 Å². The van der Waals surface area contributed by atoms with Crippen LogP contribution in [-0.2, 0) is 20.1 Å². The largest absolute Gasteiger partial charge is 0.298 e. The van der Waals surface area contributed by atoms with E-state index in [1.165, 1.54) is 11.1 Å². The van der Waals surface area contributed by atoms with Crippen LogP contribution in [0.3, 0.4) is 0 Å². The topological polar surface area (TPSA) is 21.1 Å². The van der Waals surface area contributed by atoms with Crippen LogP contribution in [0.4, 0.5) is 0 Å². The van der Waals surface area contributed by atoms with E-state index in [1.54, 1.807) is 0 Å². The molecule has 0 bridgehead atoms. The van der Waals surface area contributed by atoms with Crippen molar-refractivity contribution in [2.24, 2.45) is 7.05 Å². The van der Waals surface area contributed by atoms with Crippen LogP contribution in [0.1, 0.15) is 11.1 Å². The minimum atomic E-state index is 0.789. The standard InChI is InChI=1S/C13H16ClN3/c1-16(9-12-7-15-17(2)10-12)8-11-4-3-5-13(14)6-11/h3-7,10H,8-9H2,1-2H3. The first-order valence-electron chi connectivity index (χ1n) is 5.54. The lowest BCUT2D eigenvalue weighted by Gasteiger charge is -2.15. The third kappa shape index (κ3) is 3.58. The molecule has 4 heteroatoms. The van der Waals surface area contributed by atoms with Gasteiger partial charge in [0.25, 0.3) is 0 Å². The summed E-state index contributed by atoms with van der Waals surface area (Å²) < 4.78 is 1.82. The van der Waals surface area contributed by atoms with Gasteiger partial charge in [0, 0.05) is 36.9 Å². The van der Waals surface area contributed by atoms with E-state index in [0.29, 0.717) is 0 Å². The van der Waals surface area contributed by atoms with Crippen LogP contribution in [-0.4, -0.2) is 21.7 Å². The Bertz CT molecular complexity index is 493. The predicted octanol–water partition coefficient (Wildman–Crippen LogP) is 2.71. The van der Waals surface area contributed by atoms with Crippen LogP contribution in [0.15, 0.2) is 36.7 Å². The normalized spacial score (nSPS) is 11.1. The Kier molecular flexibility index (Phi) is 3.82. The number of aryl methyl sites for hydroxylation is 1. The molecule has 0 unspecified atom stereocenters. The van der Waals surface area contributed by atoms with Gasteiger partial charge in [-0.25, -0.2) is 0 Å². The molecule has 90 valence electrons. The lowest BCUT2D eigenvalue weighted by Crippen LogP contribution is -2.16. The number of nitrogens with zero attached hydrogens (tertiary/aromatic N) is 3. The van der Waals surface area contributed by atoms with Crippen molar-refractivity contribution >= 4 is 11.6 Å². The van der Waals surface area contributed by atoms with Gasteiger partial charge in [-0.15, -0.1) is 0 Å². The summed E-state index contributed by atoms with van der Waals surface area (Å²) in [4.78, 5) is 2.24. The average Bonchev–Trinajstić information content (AvgIpc) is 2.63. The van der Waals surface area contributed by atoms with E-state index in [9.17, 15) is 0 Å². The maximum Gasteiger partial charge on any atom is 0.0534 e. The van der Waals surface area contributed by atoms with E-state index in [4.69, 9.17) is 11.6 Å². The van der Waals surface area contributed by atoms with E-state index < -0.39 is 0 Å². The number of hydrogen-bond donors (Lipinski definition) is 0. The van der Waals surface area contributed by atoms with Crippen LogP contribution in [0.5, 0.6) is 0 Å². The average molecular weight is 250 g/mol. The van der Waals surface area contributed by atoms with Gasteiger partial charge in [-0.1, -0.05) is 23.7 Å². The lowest BCUT2D eigenvalue weighted by atomic mass is 10.2. The van der Waals surface area contributed by atoms with E-state index in [-0.39, 0.29) is 0 Å². The molecular weight excluding hydrogens is 234 g/mol. The zero-order chi connectivity index (χ0) is 12.3. The van der Waals surface area contributed by atoms with Crippen molar-refractivity contribution in [2.45, 2.75) is 13.1 Å². The molecule has 0 N–H and O–H groups in total. The molecule has 17 heavy (non-hydrogen) atoms. The van der Waals surface area contributed by atoms with Crippen LogP contribution < -0.4 is 0 Å². The van der Waals surface area contributed by atoms with Crippen LogP contribution in [0.2, 0.25) is 5.02 Å². The van der Waals surface area contributed by atoms with Crippen molar-refractivity contribution in [1.29, 1.82) is 0 Å². The Balaban J connectivity index is 1.95. The Morgan fingerprint density at radius 1 is 1.29 bits per heavy atom. The van der Waals surface area contributed by atoms with Gasteiger partial charge in [-0.3, -0.25) is 9.58 Å². The molecule has 0 fully saturated rings. The predicted molar refractivity (Wildman–Crippen MR) is 69.8 cm³/mol. The maximum atomic E-state index is 5.96. The van der Waals surface area contributed by atoms with Crippen LogP contribution in [0.25, 0.3) is 0 Å². The summed E-state index contributed by atoms with van der Waals surface area (Å²) in [5, 5.41) is 4.95. The van der Waals surface area contributed by atoms with Crippen LogP contribution >= 0.6 is 11.6 Å². The quantitative estimate of drug-likeness (QED) is 0.831. The number of aromatic nitrogens is 2. The SMILES string of the molecule is CN(Cc1cccc(Cl)c1)Cc1cnn(C)c1. The van der Waals surface area contributed by atoms with Gasteiger partial charge in [0.1, 0.15) is 0 Å². The molecule has 2 aromatic rings. The number of rotatable bonds is 4. The zero-order valence-corrected chi connectivity index (χ0v) is 10.9. The summed E-state index contributed by atoms with van der Waals surface area (Å²) in [6, 6.07) is 7.97. The number of halogens is 1. The second kappa shape index (κ2) is 5.34. The molecule has 0 radical (unpaired) electrons. The van der Waals surface area contributed by atoms with Gasteiger partial charge in [0.15, 0.2) is 0 Å². The Hall–Kier alpha value is -1.32. The van der Waals surface area contributed by atoms with Gasteiger partial charge in [-0.2, -0.15) is 5.10 Å². The molecule has 0 saturated carbocycles. The van der Waals surface area contributed by atoms with Crippen molar-refractivity contribution < 1.29 is 0 Å². The monoisotopic (exact) mass is 249 g/mol. The first-order chi connectivity index (χ1) is 8.13. The second-order valence-electron chi connectivity index (χ2n) is 4.32. The van der Waals surface area contributed by atoms with Crippen LogP contribution in [0, 0.1) is 0 Å². The molecule has 0 amide bonds. The molecule has 0 aliphatic heterocycles. The maximum absolute atomic E-state index is 5.96. The molecule has 0 atom stereocenters. The molecule has 0 aliphatic rings. The zero-order valence-electron chi connectivity index (χ0n) is 10.1. The van der Waals surface area contributed by atoms with E-state index in [1.807, 2.05) is 42.3 Å². The molecule has 1 aromatic carbocycles. The summed E-state index contributed by atoms with van der Waals surface area (Å²) in [6.45, 7) is 1.77. The van der Waals surface area contributed by atoms with E-state index in [0.717, 1.165) is 18.1 Å². The molecule has 2 rings (SSSR count). The third-order valence-electron chi connectivity index (χ3n) is 2.55. The molecule has 0 saturated heterocycles. The highest BCUT2D eigenvalue weighted by Gasteiger charge is 2.03. The van der Waals surface area contributed by atoms with E-state index >= 15 is 0 Å².